The molecule has 2 nitrogen and oxygen atoms in total. The first-order valence-electron chi connectivity index (χ1n) is 41.9. The third-order valence-electron chi connectivity index (χ3n) is 25.7. The number of benzene rings is 20. The van der Waals surface area contributed by atoms with Crippen molar-refractivity contribution in [3.05, 3.63) is 516 Å². The van der Waals surface area contributed by atoms with Gasteiger partial charge < -0.3 is 9.80 Å². The maximum atomic E-state index is 2.41. The van der Waals surface area contributed by atoms with Gasteiger partial charge in [-0.1, -0.05) is 376 Å². The lowest BCUT2D eigenvalue weighted by Gasteiger charge is -2.35. The van der Waals surface area contributed by atoms with E-state index in [1.165, 1.54) is 177 Å². The predicted molar refractivity (Wildman–Crippen MR) is 508 cm³/mol. The standard InChI is InChI=1S/C61H47N.C57H39N/c1-40-36-53-55(38-42(40)3)60(56-39-43(4)41(2)37-54(56)59(53)44-18-8-5-9-19-44)45-28-32-49(33-29-45)62(48-22-12-7-13-23-48)50-34-30-47(31-35-50)61(46-20-10-6-11-21-46)57-26-16-14-24-51(57)52-25-15-17-27-58(52)61;1-4-19-40(20-5-1)55-49-29-10-12-31-51(49)56(52-32-13-11-30-50(52)55)41-35-37-45(38-36-41)58(44-24-8-3-9-25-44)46-26-18-23-43(39-46)57(42-21-6-2-7-22-42)53-33-16-14-27-47(53)48-28-15-17-34-54(48)57/h5-39H,1-4H3;1-39H. The molecular formula is C118H86N2. The molecule has 22 rings (SSSR count). The van der Waals surface area contributed by atoms with Gasteiger partial charge in [0.25, 0.3) is 0 Å². The number of rotatable bonds is 14. The summed E-state index contributed by atoms with van der Waals surface area (Å²) < 4.78 is 0. The SMILES string of the molecule is Cc1cc2c(-c3ccccc3)c3cc(C)c(C)cc3c(-c3ccc(N(c4ccccc4)c4ccc(C5(c6ccccc6)c6ccccc6-c6ccccc65)cc4)cc3)c2cc1C.c1ccc(-c2c3ccccc3c(-c3ccc(N(c4ccccc4)c4cccc(C5(c6ccccc6)c6ccccc6-c6ccccc65)c4)cc3)c3ccccc23)cc1. The van der Waals surface area contributed by atoms with Gasteiger partial charge in [-0.25, -0.2) is 0 Å². The van der Waals surface area contributed by atoms with Crippen molar-refractivity contribution in [2.75, 3.05) is 9.80 Å². The molecule has 0 spiro atoms. The molecule has 20 aromatic carbocycles. The molecule has 0 radical (unpaired) electrons. The Morgan fingerprint density at radius 2 is 0.383 bits per heavy atom. The summed E-state index contributed by atoms with van der Waals surface area (Å²) in [6.07, 6.45) is 0. The second-order valence-corrected chi connectivity index (χ2v) is 32.2. The number of hydrogen-bond acceptors (Lipinski definition) is 2. The monoisotopic (exact) mass is 1530 g/mol. The lowest BCUT2D eigenvalue weighted by Crippen LogP contribution is -2.28. The van der Waals surface area contributed by atoms with Gasteiger partial charge in [-0.3, -0.25) is 0 Å². The third-order valence-corrected chi connectivity index (χ3v) is 25.7. The smallest absolute Gasteiger partial charge is 0.0714 e. The lowest BCUT2D eigenvalue weighted by molar-refractivity contribution is 0.768. The van der Waals surface area contributed by atoms with E-state index in [4.69, 9.17) is 0 Å². The maximum Gasteiger partial charge on any atom is 0.0714 e. The van der Waals surface area contributed by atoms with Gasteiger partial charge in [0, 0.05) is 34.1 Å². The fourth-order valence-electron chi connectivity index (χ4n) is 20.1. The van der Waals surface area contributed by atoms with Gasteiger partial charge in [0.05, 0.1) is 10.8 Å². The normalized spacial score (nSPS) is 12.6. The van der Waals surface area contributed by atoms with Crippen LogP contribution in [0, 0.1) is 27.7 Å². The highest BCUT2D eigenvalue weighted by atomic mass is 15.1. The summed E-state index contributed by atoms with van der Waals surface area (Å²) in [4.78, 5) is 4.78. The van der Waals surface area contributed by atoms with Crippen LogP contribution in [0.3, 0.4) is 0 Å². The highest BCUT2D eigenvalue weighted by molar-refractivity contribution is 6.23. The van der Waals surface area contributed by atoms with Gasteiger partial charge >= 0.3 is 0 Å². The van der Waals surface area contributed by atoms with Gasteiger partial charge in [0.15, 0.2) is 0 Å². The molecule has 0 bridgehead atoms. The van der Waals surface area contributed by atoms with E-state index in [-0.39, 0.29) is 0 Å². The summed E-state index contributed by atoms with van der Waals surface area (Å²) in [5.41, 5.74) is 36.4. The van der Waals surface area contributed by atoms with E-state index < -0.39 is 10.8 Å². The van der Waals surface area contributed by atoms with Crippen LogP contribution in [0.4, 0.5) is 34.1 Å². The highest BCUT2D eigenvalue weighted by Gasteiger charge is 2.48. The average molecular weight is 1530 g/mol. The van der Waals surface area contributed by atoms with Crippen molar-refractivity contribution in [2.45, 2.75) is 38.5 Å². The van der Waals surface area contributed by atoms with Gasteiger partial charge in [-0.15, -0.1) is 0 Å². The minimum Gasteiger partial charge on any atom is -0.311 e. The van der Waals surface area contributed by atoms with Crippen molar-refractivity contribution in [3.63, 3.8) is 0 Å². The molecule has 0 aromatic heterocycles. The zero-order chi connectivity index (χ0) is 80.4. The summed E-state index contributed by atoms with van der Waals surface area (Å²) >= 11 is 0. The summed E-state index contributed by atoms with van der Waals surface area (Å²) in [6, 6.07) is 165. The minimum atomic E-state index is -0.481. The molecule has 2 aliphatic carbocycles. The van der Waals surface area contributed by atoms with Crippen LogP contribution in [-0.4, -0.2) is 0 Å². The molecule has 568 valence electrons. The zero-order valence-electron chi connectivity index (χ0n) is 67.6. The van der Waals surface area contributed by atoms with Crippen LogP contribution in [0.1, 0.15) is 66.8 Å². The number of fused-ring (bicyclic) bond motifs is 10. The number of aryl methyl sites for hydroxylation is 4. The molecule has 0 atom stereocenters. The zero-order valence-corrected chi connectivity index (χ0v) is 67.6. The number of anilines is 6. The van der Waals surface area contributed by atoms with Crippen molar-refractivity contribution in [2.24, 2.45) is 0 Å². The van der Waals surface area contributed by atoms with Gasteiger partial charge in [-0.2, -0.15) is 0 Å². The Hall–Kier alpha value is -15.0. The molecule has 120 heavy (non-hydrogen) atoms. The van der Waals surface area contributed by atoms with E-state index >= 15 is 0 Å². The van der Waals surface area contributed by atoms with Crippen molar-refractivity contribution in [1.29, 1.82) is 0 Å². The molecule has 0 saturated carbocycles. The highest BCUT2D eigenvalue weighted by Crippen LogP contribution is 2.59. The third kappa shape index (κ3) is 12.0. The Balaban J connectivity index is 0.000000149. The van der Waals surface area contributed by atoms with Crippen LogP contribution >= 0.6 is 0 Å². The molecule has 0 amide bonds. The molecule has 0 saturated heterocycles. The Morgan fingerprint density at radius 3 is 0.725 bits per heavy atom. The molecular weight excluding hydrogens is 1450 g/mol. The van der Waals surface area contributed by atoms with Crippen molar-refractivity contribution >= 4 is 77.2 Å². The largest absolute Gasteiger partial charge is 0.311 e. The van der Waals surface area contributed by atoms with Crippen molar-refractivity contribution < 1.29 is 0 Å². The molecule has 0 fully saturated rings. The van der Waals surface area contributed by atoms with Crippen LogP contribution in [0.25, 0.3) is 110 Å². The molecule has 2 heteroatoms. The lowest BCUT2D eigenvalue weighted by atomic mass is 9.67. The second-order valence-electron chi connectivity index (χ2n) is 32.2. The fraction of sp³-hybridized carbons (Fsp3) is 0.0508. The summed E-state index contributed by atoms with van der Waals surface area (Å²) in [7, 11) is 0. The van der Waals surface area contributed by atoms with Crippen LogP contribution in [0.5, 0.6) is 0 Å². The fourth-order valence-corrected chi connectivity index (χ4v) is 20.1. The van der Waals surface area contributed by atoms with Gasteiger partial charge in [-0.05, 0) is 277 Å². The van der Waals surface area contributed by atoms with Crippen molar-refractivity contribution in [1.82, 2.24) is 0 Å². The average Bonchev–Trinajstić information content (AvgIpc) is 1.55. The van der Waals surface area contributed by atoms with Crippen LogP contribution in [0.15, 0.2) is 449 Å². The van der Waals surface area contributed by atoms with E-state index in [9.17, 15) is 0 Å². The topological polar surface area (TPSA) is 6.48 Å². The van der Waals surface area contributed by atoms with Gasteiger partial charge in [0.1, 0.15) is 0 Å². The Kier molecular flexibility index (Phi) is 18.3. The van der Waals surface area contributed by atoms with E-state index in [1.807, 2.05) is 0 Å². The molecule has 20 aromatic rings. The Morgan fingerprint density at radius 1 is 0.158 bits per heavy atom. The van der Waals surface area contributed by atoms with E-state index in [1.54, 1.807) is 0 Å². The predicted octanol–water partition coefficient (Wildman–Crippen LogP) is 31.6. The van der Waals surface area contributed by atoms with Crippen LogP contribution in [-0.2, 0) is 10.8 Å². The molecule has 0 unspecified atom stereocenters. The number of nitrogens with zero attached hydrogens (tertiary/aromatic N) is 2. The van der Waals surface area contributed by atoms with Gasteiger partial charge in [0.2, 0.25) is 0 Å². The first-order valence-corrected chi connectivity index (χ1v) is 41.9. The quantitative estimate of drug-likeness (QED) is 0.100. The molecule has 0 aliphatic heterocycles. The van der Waals surface area contributed by atoms with E-state index in [2.05, 4.69) is 486 Å². The molecule has 0 N–H and O–H groups in total. The summed E-state index contributed by atoms with van der Waals surface area (Å²) in [5, 5.41) is 10.2. The van der Waals surface area contributed by atoms with E-state index in [0.717, 1.165) is 34.1 Å². The first kappa shape index (κ1) is 72.7. The Bertz CT molecular complexity index is 7050. The summed E-state index contributed by atoms with van der Waals surface area (Å²) in [5.74, 6) is 0. The van der Waals surface area contributed by atoms with Crippen LogP contribution < -0.4 is 9.80 Å². The van der Waals surface area contributed by atoms with Crippen molar-refractivity contribution in [3.8, 4) is 66.8 Å². The molecule has 2 aliphatic rings. The summed E-state index contributed by atoms with van der Waals surface area (Å²) in [6.45, 7) is 8.95. The first-order chi connectivity index (χ1) is 59.2. The second kappa shape index (κ2) is 30.3. The molecule has 0 heterocycles. The number of para-hydroxylation sites is 2. The van der Waals surface area contributed by atoms with Crippen LogP contribution in [0.2, 0.25) is 0 Å². The minimum absolute atomic E-state index is 0.443. The maximum absolute atomic E-state index is 2.41. The Labute approximate surface area is 703 Å². The number of hydrogen-bond donors (Lipinski definition) is 0. The van der Waals surface area contributed by atoms with E-state index in [0.29, 0.717) is 0 Å².